The molecule has 0 atom stereocenters. The van der Waals surface area contributed by atoms with Gasteiger partial charge in [0.15, 0.2) is 0 Å². The first-order chi connectivity index (χ1) is 12.1. The largest absolute Gasteiger partial charge is 0.281 e. The predicted molar refractivity (Wildman–Crippen MR) is 96.2 cm³/mol. The fourth-order valence-corrected chi connectivity index (χ4v) is 3.21. The summed E-state index contributed by atoms with van der Waals surface area (Å²) in [6.07, 6.45) is 1.67. The molecule has 3 aromatic rings. The van der Waals surface area contributed by atoms with Crippen molar-refractivity contribution in [3.05, 3.63) is 70.4 Å². The number of hydrogen-bond acceptors (Lipinski definition) is 5. The van der Waals surface area contributed by atoms with Crippen molar-refractivity contribution in [2.45, 2.75) is 13.8 Å². The van der Waals surface area contributed by atoms with Gasteiger partial charge < -0.3 is 0 Å². The summed E-state index contributed by atoms with van der Waals surface area (Å²) in [7, 11) is 0. The summed E-state index contributed by atoms with van der Waals surface area (Å²) in [4.78, 5) is 33.6. The Morgan fingerprint density at radius 3 is 2.40 bits per heavy atom. The van der Waals surface area contributed by atoms with Crippen molar-refractivity contribution in [1.29, 1.82) is 0 Å². The smallest absolute Gasteiger partial charge is 0.267 e. The monoisotopic (exact) mass is 352 g/mol. The van der Waals surface area contributed by atoms with Gasteiger partial charge in [-0.25, -0.2) is 4.98 Å². The molecule has 3 rings (SSSR count). The van der Waals surface area contributed by atoms with Crippen molar-refractivity contribution in [3.8, 4) is 10.7 Å². The van der Waals surface area contributed by atoms with E-state index in [0.717, 1.165) is 5.56 Å². The van der Waals surface area contributed by atoms with Crippen molar-refractivity contribution in [2.24, 2.45) is 0 Å². The molecular weight excluding hydrogens is 336 g/mol. The van der Waals surface area contributed by atoms with Crippen LogP contribution in [0.15, 0.2) is 48.7 Å². The van der Waals surface area contributed by atoms with Crippen LogP contribution in [0, 0.1) is 13.8 Å². The Hall–Kier alpha value is -3.06. The van der Waals surface area contributed by atoms with Gasteiger partial charge in [-0.15, -0.1) is 11.3 Å². The van der Waals surface area contributed by atoms with Crippen LogP contribution in [-0.2, 0) is 0 Å². The van der Waals surface area contributed by atoms with Gasteiger partial charge in [0.25, 0.3) is 11.8 Å². The van der Waals surface area contributed by atoms with E-state index in [9.17, 15) is 9.59 Å². The first-order valence-corrected chi connectivity index (χ1v) is 8.43. The number of carbonyl (C=O) groups is 2. The lowest BCUT2D eigenvalue weighted by Gasteiger charge is -2.08. The zero-order valence-electron chi connectivity index (χ0n) is 13.7. The Labute approximate surface area is 148 Å². The van der Waals surface area contributed by atoms with E-state index in [1.54, 1.807) is 25.3 Å². The van der Waals surface area contributed by atoms with Gasteiger partial charge in [0.2, 0.25) is 0 Å². The summed E-state index contributed by atoms with van der Waals surface area (Å²) in [5.74, 6) is -0.766. The first kappa shape index (κ1) is 16.8. The Morgan fingerprint density at radius 1 is 0.960 bits per heavy atom. The maximum Gasteiger partial charge on any atom is 0.281 e. The molecule has 2 N–H and O–H groups in total. The number of thiazole rings is 1. The van der Waals surface area contributed by atoms with Gasteiger partial charge in [0, 0.05) is 11.8 Å². The van der Waals surface area contributed by atoms with Crippen molar-refractivity contribution in [2.75, 3.05) is 0 Å². The summed E-state index contributed by atoms with van der Waals surface area (Å²) in [5, 5.41) is 0.661. The van der Waals surface area contributed by atoms with E-state index < -0.39 is 5.91 Å². The molecule has 0 bridgehead atoms. The molecule has 25 heavy (non-hydrogen) atoms. The number of pyridine rings is 1. The fraction of sp³-hybridized carbons (Fsp3) is 0.111. The molecule has 0 aliphatic rings. The van der Waals surface area contributed by atoms with Crippen LogP contribution >= 0.6 is 11.3 Å². The molecule has 0 saturated heterocycles. The predicted octanol–water partition coefficient (Wildman–Crippen LogP) is 2.90. The average Bonchev–Trinajstić information content (AvgIpc) is 3.02. The van der Waals surface area contributed by atoms with Crippen LogP contribution in [0.5, 0.6) is 0 Å². The van der Waals surface area contributed by atoms with Gasteiger partial charge in [-0.3, -0.25) is 25.4 Å². The van der Waals surface area contributed by atoms with Gasteiger partial charge in [0.05, 0.1) is 11.4 Å². The van der Waals surface area contributed by atoms with Crippen LogP contribution in [0.4, 0.5) is 0 Å². The second kappa shape index (κ2) is 7.23. The molecule has 0 saturated carbocycles. The van der Waals surface area contributed by atoms with Crippen LogP contribution in [0.3, 0.4) is 0 Å². The molecule has 0 aliphatic heterocycles. The molecule has 2 heterocycles. The Kier molecular flexibility index (Phi) is 4.85. The number of nitrogens with one attached hydrogen (secondary N) is 2. The number of aryl methyl sites for hydroxylation is 2. The van der Waals surface area contributed by atoms with Gasteiger partial charge in [-0.1, -0.05) is 24.3 Å². The average molecular weight is 352 g/mol. The Balaban J connectivity index is 1.71. The standard InChI is InChI=1S/C18H16N4O2S/c1-11-7-3-4-8-13(11)16(23)21-22-17(24)15-12(2)20-18(25-15)14-9-5-6-10-19-14/h3-10H,1-2H3,(H,21,23)(H,22,24). The van der Waals surface area contributed by atoms with Gasteiger partial charge in [0.1, 0.15) is 9.88 Å². The first-order valence-electron chi connectivity index (χ1n) is 7.61. The van der Waals surface area contributed by atoms with E-state index in [1.165, 1.54) is 11.3 Å². The molecule has 6 nitrogen and oxygen atoms in total. The quantitative estimate of drug-likeness (QED) is 0.710. The van der Waals surface area contributed by atoms with E-state index in [1.807, 2.05) is 37.3 Å². The minimum Gasteiger partial charge on any atom is -0.267 e. The fourth-order valence-electron chi connectivity index (χ4n) is 2.27. The Bertz CT molecular complexity index is 922. The van der Waals surface area contributed by atoms with Gasteiger partial charge in [-0.2, -0.15) is 0 Å². The van der Waals surface area contributed by atoms with Crippen molar-refractivity contribution >= 4 is 23.2 Å². The van der Waals surface area contributed by atoms with Crippen LogP contribution in [0.25, 0.3) is 10.7 Å². The molecule has 0 radical (unpaired) electrons. The number of hydrazine groups is 1. The third kappa shape index (κ3) is 3.72. The highest BCUT2D eigenvalue weighted by Crippen LogP contribution is 2.26. The molecule has 0 unspecified atom stereocenters. The van der Waals surface area contributed by atoms with Crippen molar-refractivity contribution in [1.82, 2.24) is 20.8 Å². The summed E-state index contributed by atoms with van der Waals surface area (Å²) in [5.41, 5.74) is 7.52. The molecule has 2 aromatic heterocycles. The number of carbonyl (C=O) groups excluding carboxylic acids is 2. The molecule has 0 spiro atoms. The third-order valence-corrected chi connectivity index (χ3v) is 4.74. The third-order valence-electron chi connectivity index (χ3n) is 3.57. The van der Waals surface area contributed by atoms with E-state index >= 15 is 0 Å². The Morgan fingerprint density at radius 2 is 1.68 bits per heavy atom. The van der Waals surface area contributed by atoms with E-state index in [4.69, 9.17) is 0 Å². The second-order valence-corrected chi connectivity index (χ2v) is 6.37. The van der Waals surface area contributed by atoms with E-state index in [-0.39, 0.29) is 5.91 Å². The maximum absolute atomic E-state index is 12.4. The number of hydrogen-bond donors (Lipinski definition) is 2. The lowest BCUT2D eigenvalue weighted by Crippen LogP contribution is -2.41. The van der Waals surface area contributed by atoms with E-state index in [0.29, 0.717) is 26.8 Å². The number of amides is 2. The minimum absolute atomic E-state index is 0.362. The topological polar surface area (TPSA) is 84.0 Å². The number of benzene rings is 1. The lowest BCUT2D eigenvalue weighted by molar-refractivity contribution is 0.0848. The highest BCUT2D eigenvalue weighted by Gasteiger charge is 2.17. The zero-order valence-corrected chi connectivity index (χ0v) is 14.6. The zero-order chi connectivity index (χ0) is 17.8. The van der Waals surface area contributed by atoms with Crippen molar-refractivity contribution in [3.63, 3.8) is 0 Å². The SMILES string of the molecule is Cc1ccccc1C(=O)NNC(=O)c1sc(-c2ccccn2)nc1C. The van der Waals surface area contributed by atoms with Crippen LogP contribution in [0.2, 0.25) is 0 Å². The van der Waals surface area contributed by atoms with Crippen LogP contribution in [0.1, 0.15) is 31.3 Å². The van der Waals surface area contributed by atoms with Gasteiger partial charge in [-0.05, 0) is 37.6 Å². The number of aromatic nitrogens is 2. The summed E-state index contributed by atoms with van der Waals surface area (Å²) >= 11 is 1.23. The minimum atomic E-state index is -0.404. The van der Waals surface area contributed by atoms with Crippen molar-refractivity contribution < 1.29 is 9.59 Å². The highest BCUT2D eigenvalue weighted by molar-refractivity contribution is 7.17. The molecule has 2 amide bonds. The second-order valence-electron chi connectivity index (χ2n) is 5.37. The summed E-state index contributed by atoms with van der Waals surface area (Å²) in [6.45, 7) is 3.59. The molecule has 7 heteroatoms. The van der Waals surface area contributed by atoms with Crippen LogP contribution in [-0.4, -0.2) is 21.8 Å². The summed E-state index contributed by atoms with van der Waals surface area (Å²) in [6, 6.07) is 12.7. The highest BCUT2D eigenvalue weighted by atomic mass is 32.1. The number of nitrogens with zero attached hydrogens (tertiary/aromatic N) is 2. The molecule has 126 valence electrons. The summed E-state index contributed by atoms with van der Waals surface area (Å²) < 4.78 is 0. The molecule has 1 aromatic carbocycles. The van der Waals surface area contributed by atoms with E-state index in [2.05, 4.69) is 20.8 Å². The normalized spacial score (nSPS) is 10.3. The maximum atomic E-state index is 12.4. The van der Waals surface area contributed by atoms with Crippen LogP contribution < -0.4 is 10.9 Å². The molecular formula is C18H16N4O2S. The van der Waals surface area contributed by atoms with Gasteiger partial charge >= 0.3 is 0 Å². The lowest BCUT2D eigenvalue weighted by atomic mass is 10.1. The molecule has 0 fully saturated rings. The number of rotatable bonds is 3. The molecule has 0 aliphatic carbocycles.